The summed E-state index contributed by atoms with van der Waals surface area (Å²) >= 11 is 0. The molecule has 120 valence electrons. The fourth-order valence-electron chi connectivity index (χ4n) is 1.91. The number of hydrogen-bond acceptors (Lipinski definition) is 4. The summed E-state index contributed by atoms with van der Waals surface area (Å²) in [6.07, 6.45) is 0. The number of hydrogen-bond donors (Lipinski definition) is 1. The van der Waals surface area contributed by atoms with Crippen LogP contribution in [0, 0.1) is 5.82 Å². The maximum atomic E-state index is 12.8. The maximum absolute atomic E-state index is 12.8. The molecular formula is C17H16FNO4. The van der Waals surface area contributed by atoms with Crippen molar-refractivity contribution in [2.24, 2.45) is 0 Å². The molecule has 0 fully saturated rings. The van der Waals surface area contributed by atoms with Crippen molar-refractivity contribution in [2.75, 3.05) is 13.7 Å². The predicted octanol–water partition coefficient (Wildman–Crippen LogP) is 2.35. The number of benzene rings is 2. The van der Waals surface area contributed by atoms with E-state index >= 15 is 0 Å². The van der Waals surface area contributed by atoms with Crippen LogP contribution in [0.15, 0.2) is 48.5 Å². The van der Waals surface area contributed by atoms with Crippen molar-refractivity contribution in [3.05, 3.63) is 65.5 Å². The van der Waals surface area contributed by atoms with Gasteiger partial charge < -0.3 is 14.7 Å². The van der Waals surface area contributed by atoms with E-state index in [4.69, 9.17) is 4.74 Å². The Labute approximate surface area is 132 Å². The molecule has 5 nitrogen and oxygen atoms in total. The van der Waals surface area contributed by atoms with Gasteiger partial charge in [-0.15, -0.1) is 0 Å². The Kier molecular flexibility index (Phi) is 5.30. The number of halogens is 1. The van der Waals surface area contributed by atoms with Crippen molar-refractivity contribution in [1.29, 1.82) is 0 Å². The van der Waals surface area contributed by atoms with Gasteiger partial charge in [-0.3, -0.25) is 4.79 Å². The molecule has 0 bridgehead atoms. The Morgan fingerprint density at radius 2 is 1.78 bits per heavy atom. The first-order valence-corrected chi connectivity index (χ1v) is 6.91. The van der Waals surface area contributed by atoms with Crippen LogP contribution in [0.2, 0.25) is 0 Å². The van der Waals surface area contributed by atoms with Crippen molar-refractivity contribution in [3.63, 3.8) is 0 Å². The van der Waals surface area contributed by atoms with Crippen LogP contribution in [0.1, 0.15) is 15.9 Å². The molecular weight excluding hydrogens is 301 g/mol. The second-order valence-electron chi connectivity index (χ2n) is 4.97. The molecule has 0 aliphatic rings. The van der Waals surface area contributed by atoms with Crippen LogP contribution in [0.5, 0.6) is 5.75 Å². The van der Waals surface area contributed by atoms with E-state index in [-0.39, 0.29) is 23.7 Å². The minimum absolute atomic E-state index is 0.00138. The van der Waals surface area contributed by atoms with Gasteiger partial charge in [0.05, 0.1) is 0 Å². The van der Waals surface area contributed by atoms with Gasteiger partial charge in [-0.05, 0) is 29.8 Å². The first-order chi connectivity index (χ1) is 11.0. The largest absolute Gasteiger partial charge is 0.507 e. The fourth-order valence-corrected chi connectivity index (χ4v) is 1.91. The van der Waals surface area contributed by atoms with E-state index in [9.17, 15) is 19.1 Å². The normalized spacial score (nSPS) is 10.2. The summed E-state index contributed by atoms with van der Waals surface area (Å²) in [6, 6.07) is 11.7. The molecule has 2 aromatic rings. The number of amides is 1. The van der Waals surface area contributed by atoms with Crippen LogP contribution in [-0.4, -0.2) is 35.5 Å². The van der Waals surface area contributed by atoms with Crippen molar-refractivity contribution >= 4 is 11.9 Å². The van der Waals surface area contributed by atoms with E-state index in [1.165, 1.54) is 29.2 Å². The van der Waals surface area contributed by atoms with Crippen LogP contribution in [0.4, 0.5) is 4.39 Å². The zero-order valence-electron chi connectivity index (χ0n) is 12.5. The second kappa shape index (κ2) is 7.40. The van der Waals surface area contributed by atoms with E-state index in [2.05, 4.69) is 0 Å². The van der Waals surface area contributed by atoms with Gasteiger partial charge >= 0.3 is 5.97 Å². The summed E-state index contributed by atoms with van der Waals surface area (Å²) in [6.45, 7) is -0.169. The van der Waals surface area contributed by atoms with Gasteiger partial charge in [0, 0.05) is 13.6 Å². The van der Waals surface area contributed by atoms with E-state index in [0.29, 0.717) is 0 Å². The Hall–Kier alpha value is -2.89. The Morgan fingerprint density at radius 3 is 2.43 bits per heavy atom. The lowest BCUT2D eigenvalue weighted by atomic mass is 10.2. The number of carbonyl (C=O) groups is 2. The zero-order valence-corrected chi connectivity index (χ0v) is 12.5. The first-order valence-electron chi connectivity index (χ1n) is 6.91. The molecule has 0 radical (unpaired) electrons. The Morgan fingerprint density at radius 1 is 1.13 bits per heavy atom. The van der Waals surface area contributed by atoms with Crippen molar-refractivity contribution < 1.29 is 23.8 Å². The summed E-state index contributed by atoms with van der Waals surface area (Å²) < 4.78 is 17.7. The van der Waals surface area contributed by atoms with Gasteiger partial charge in [-0.2, -0.15) is 0 Å². The fraction of sp³-hybridized carbons (Fsp3) is 0.176. The Balaban J connectivity index is 1.87. The van der Waals surface area contributed by atoms with Gasteiger partial charge in [-0.25, -0.2) is 9.18 Å². The molecule has 1 amide bonds. The summed E-state index contributed by atoms with van der Waals surface area (Å²) in [5.41, 5.74) is 0.760. The molecule has 0 heterocycles. The molecule has 0 atom stereocenters. The highest BCUT2D eigenvalue weighted by atomic mass is 19.1. The quantitative estimate of drug-likeness (QED) is 0.860. The Bertz CT molecular complexity index is 700. The smallest absolute Gasteiger partial charge is 0.342 e. The number of phenols is 1. The van der Waals surface area contributed by atoms with Crippen LogP contribution < -0.4 is 0 Å². The third-order valence-corrected chi connectivity index (χ3v) is 3.21. The average molecular weight is 317 g/mol. The molecule has 0 unspecified atom stereocenters. The molecule has 1 N–H and O–H groups in total. The minimum atomic E-state index is -0.772. The molecule has 2 rings (SSSR count). The average Bonchev–Trinajstić information content (AvgIpc) is 2.54. The van der Waals surface area contributed by atoms with E-state index < -0.39 is 18.5 Å². The molecule has 0 saturated carbocycles. The van der Waals surface area contributed by atoms with Gasteiger partial charge in [0.2, 0.25) is 0 Å². The SMILES string of the molecule is CN(Cc1ccc(F)cc1)C(=O)COC(=O)c1ccccc1O. The minimum Gasteiger partial charge on any atom is -0.507 e. The van der Waals surface area contributed by atoms with E-state index in [1.807, 2.05) is 0 Å². The third kappa shape index (κ3) is 4.54. The van der Waals surface area contributed by atoms with Gasteiger partial charge in [0.1, 0.15) is 17.1 Å². The third-order valence-electron chi connectivity index (χ3n) is 3.21. The lowest BCUT2D eigenvalue weighted by molar-refractivity contribution is -0.133. The second-order valence-corrected chi connectivity index (χ2v) is 4.97. The lowest BCUT2D eigenvalue weighted by Gasteiger charge is -2.17. The number of ether oxygens (including phenoxy) is 1. The van der Waals surface area contributed by atoms with Crippen molar-refractivity contribution in [2.45, 2.75) is 6.54 Å². The topological polar surface area (TPSA) is 66.8 Å². The molecule has 0 aliphatic heterocycles. The number of carbonyl (C=O) groups excluding carboxylic acids is 2. The molecule has 0 spiro atoms. The summed E-state index contributed by atoms with van der Waals surface area (Å²) in [4.78, 5) is 25.1. The number of nitrogens with zero attached hydrogens (tertiary/aromatic N) is 1. The monoisotopic (exact) mass is 317 g/mol. The summed E-state index contributed by atoms with van der Waals surface area (Å²) in [5.74, 6) is -1.73. The molecule has 6 heteroatoms. The molecule has 2 aromatic carbocycles. The van der Waals surface area contributed by atoms with Gasteiger partial charge in [-0.1, -0.05) is 24.3 Å². The number of esters is 1. The number of aromatic hydroxyl groups is 1. The number of para-hydroxylation sites is 1. The molecule has 0 aromatic heterocycles. The maximum Gasteiger partial charge on any atom is 0.342 e. The highest BCUT2D eigenvalue weighted by molar-refractivity contribution is 5.93. The molecule has 0 aliphatic carbocycles. The first kappa shape index (κ1) is 16.5. The number of rotatable bonds is 5. The van der Waals surface area contributed by atoms with Crippen molar-refractivity contribution in [3.8, 4) is 5.75 Å². The summed E-state index contributed by atoms with van der Waals surface area (Å²) in [5, 5.41) is 9.55. The van der Waals surface area contributed by atoms with Gasteiger partial charge in [0.25, 0.3) is 5.91 Å². The highest BCUT2D eigenvalue weighted by Crippen LogP contribution is 2.16. The van der Waals surface area contributed by atoms with Crippen LogP contribution in [-0.2, 0) is 16.1 Å². The standard InChI is InChI=1S/C17H16FNO4/c1-19(10-12-6-8-13(18)9-7-12)16(21)11-23-17(22)14-4-2-3-5-15(14)20/h2-9,20H,10-11H2,1H3. The van der Waals surface area contributed by atoms with Crippen LogP contribution >= 0.6 is 0 Å². The molecule has 23 heavy (non-hydrogen) atoms. The number of phenolic OH excluding ortho intramolecular Hbond substituents is 1. The van der Waals surface area contributed by atoms with Gasteiger partial charge in [0.15, 0.2) is 6.61 Å². The predicted molar refractivity (Wildman–Crippen MR) is 81.3 cm³/mol. The molecule has 0 saturated heterocycles. The highest BCUT2D eigenvalue weighted by Gasteiger charge is 2.16. The lowest BCUT2D eigenvalue weighted by Crippen LogP contribution is -2.30. The van der Waals surface area contributed by atoms with Crippen LogP contribution in [0.3, 0.4) is 0 Å². The summed E-state index contributed by atoms with van der Waals surface area (Å²) in [7, 11) is 1.56. The van der Waals surface area contributed by atoms with Crippen LogP contribution in [0.25, 0.3) is 0 Å². The zero-order chi connectivity index (χ0) is 16.8. The van der Waals surface area contributed by atoms with Crippen molar-refractivity contribution in [1.82, 2.24) is 4.90 Å². The number of likely N-dealkylation sites (N-methyl/N-ethyl adjacent to an activating group) is 1. The van der Waals surface area contributed by atoms with E-state index in [1.54, 1.807) is 31.3 Å². The van der Waals surface area contributed by atoms with E-state index in [0.717, 1.165) is 5.56 Å².